The third kappa shape index (κ3) is 21.6. The summed E-state index contributed by atoms with van der Waals surface area (Å²) in [5, 5.41) is 0. The molecular weight excluding hydrogens is 1290 g/mol. The van der Waals surface area contributed by atoms with Gasteiger partial charge in [0, 0.05) is 121 Å². The van der Waals surface area contributed by atoms with Gasteiger partial charge in [-0.3, -0.25) is 0 Å². The standard InChI is InChI=1S/2C15H18N.4C14H16N.C13H14N/c1-11-9-13(3)15(16(4)10-11)14-8-6-5-7-12(14)2;1-11-7-5-6-8-14(11)15-9-12(2)13(3)10-16(15)4;1-11-7-4-5-9-13(11)14-12(2)8-6-10-15(14)3;2*1-11-8-9-15(3)14(10-11)13-7-5-4-6-12(13)2;1-11-8-9-14(15(3)10-11)13-7-5-4-6-12(13)2;1-11-7-3-4-8-12(11)13-9-5-6-10-14(13)2/h2*5-10H,1-4H3;4*4-10H,1-3H3;3-10H,1-2H3/q7*+1. The Hall–Kier alpha value is -11.4. The average molecular weight is 1400 g/mol. The van der Waals surface area contributed by atoms with Gasteiger partial charge in [-0.1, -0.05) is 127 Å². The van der Waals surface area contributed by atoms with Crippen molar-refractivity contribution in [2.75, 3.05) is 0 Å². The van der Waals surface area contributed by atoms with Crippen LogP contribution < -0.4 is 32.0 Å². The maximum absolute atomic E-state index is 2.26. The Morgan fingerprint density at radius 3 is 0.849 bits per heavy atom. The number of hydrogen-bond acceptors (Lipinski definition) is 0. The SMILES string of the molecule is Cc1cc(-c2ccccc2C)[n+](C)cc1C.Cc1cc(C)c(-c2ccccc2C)[n+](C)c1.Cc1cc[n+](C)c(-c2ccccc2C)c1.Cc1cc[n+](C)c(-c2ccccc2C)c1.Cc1ccc(-c2ccccc2C)[n+](C)c1.Cc1ccccc1-c1c(C)ccc[n+]1C.Cc1ccccc1-c1cccc[n+]1C. The monoisotopic (exact) mass is 1400 g/mol. The summed E-state index contributed by atoms with van der Waals surface area (Å²) in [6, 6.07) is 87.5. The molecule has 538 valence electrons. The van der Waals surface area contributed by atoms with E-state index in [1.165, 1.54) is 162 Å². The maximum Gasteiger partial charge on any atom is 0.215 e. The van der Waals surface area contributed by atoms with E-state index in [1.807, 2.05) is 6.07 Å². The molecule has 7 aromatic carbocycles. The predicted molar refractivity (Wildman–Crippen MR) is 442 cm³/mol. The fourth-order valence-electron chi connectivity index (χ4n) is 13.5. The molecule has 0 aliphatic heterocycles. The number of aryl methyl sites for hydroxylation is 22. The normalized spacial score (nSPS) is 10.4. The van der Waals surface area contributed by atoms with Crippen LogP contribution in [0.1, 0.15) is 83.5 Å². The lowest BCUT2D eigenvalue weighted by molar-refractivity contribution is -0.661. The predicted octanol–water partition coefficient (Wildman–Crippen LogP) is 19.9. The van der Waals surface area contributed by atoms with Gasteiger partial charge in [0.25, 0.3) is 0 Å². The van der Waals surface area contributed by atoms with Crippen LogP contribution in [-0.4, -0.2) is 0 Å². The minimum absolute atomic E-state index is 1.26. The van der Waals surface area contributed by atoms with Crippen molar-refractivity contribution in [1.82, 2.24) is 0 Å². The van der Waals surface area contributed by atoms with E-state index in [2.05, 4.69) is 471 Å². The largest absolute Gasteiger partial charge is 0.215 e. The first-order chi connectivity index (χ1) is 50.7. The first-order valence-corrected chi connectivity index (χ1v) is 36.9. The molecule has 7 heterocycles. The van der Waals surface area contributed by atoms with E-state index in [4.69, 9.17) is 0 Å². The Balaban J connectivity index is 0.000000156. The summed E-state index contributed by atoms with van der Waals surface area (Å²) in [7, 11) is 14.6. The van der Waals surface area contributed by atoms with Gasteiger partial charge in [-0.05, 0) is 226 Å². The maximum atomic E-state index is 2.26. The number of rotatable bonds is 7. The molecule has 0 aliphatic rings. The van der Waals surface area contributed by atoms with E-state index in [9.17, 15) is 0 Å². The Morgan fingerprint density at radius 2 is 0.472 bits per heavy atom. The second-order valence-corrected chi connectivity index (χ2v) is 28.5. The second-order valence-electron chi connectivity index (χ2n) is 28.5. The fourth-order valence-corrected chi connectivity index (χ4v) is 13.5. The lowest BCUT2D eigenvalue weighted by Crippen LogP contribution is -2.32. The van der Waals surface area contributed by atoms with Gasteiger partial charge in [0.1, 0.15) is 49.3 Å². The van der Waals surface area contributed by atoms with Gasteiger partial charge in [-0.2, -0.15) is 0 Å². The van der Waals surface area contributed by atoms with Gasteiger partial charge in [0.15, 0.2) is 43.4 Å². The smallest absolute Gasteiger partial charge is 0.201 e. The highest BCUT2D eigenvalue weighted by Crippen LogP contribution is 2.28. The number of hydrogen-bond donors (Lipinski definition) is 0. The van der Waals surface area contributed by atoms with Crippen molar-refractivity contribution in [1.29, 1.82) is 0 Å². The highest BCUT2D eigenvalue weighted by molar-refractivity contribution is 5.67. The second kappa shape index (κ2) is 38.4. The van der Waals surface area contributed by atoms with Gasteiger partial charge >= 0.3 is 0 Å². The molecule has 14 aromatic rings. The summed E-state index contributed by atoms with van der Waals surface area (Å²) in [6.45, 7) is 32.2. The summed E-state index contributed by atoms with van der Waals surface area (Å²) in [4.78, 5) is 0. The summed E-state index contributed by atoms with van der Waals surface area (Å²) < 4.78 is 15.2. The molecule has 7 nitrogen and oxygen atoms in total. The third-order valence-corrected chi connectivity index (χ3v) is 19.5. The zero-order chi connectivity index (χ0) is 76.7. The van der Waals surface area contributed by atoms with Crippen LogP contribution in [0.4, 0.5) is 0 Å². The van der Waals surface area contributed by atoms with Gasteiger partial charge in [-0.15, -0.1) is 0 Å². The Bertz CT molecular complexity index is 5110. The molecule has 0 saturated heterocycles. The molecule has 14 rings (SSSR count). The van der Waals surface area contributed by atoms with Crippen molar-refractivity contribution >= 4 is 0 Å². The fraction of sp³-hybridized carbons (Fsp3) is 0.222. The van der Waals surface area contributed by atoms with Crippen LogP contribution in [0.25, 0.3) is 78.8 Å². The van der Waals surface area contributed by atoms with Gasteiger partial charge in [0.2, 0.25) is 39.9 Å². The van der Waals surface area contributed by atoms with E-state index in [1.54, 1.807) is 0 Å². The van der Waals surface area contributed by atoms with Crippen molar-refractivity contribution in [3.05, 3.63) is 376 Å². The lowest BCUT2D eigenvalue weighted by atomic mass is 10.0. The van der Waals surface area contributed by atoms with Crippen LogP contribution in [0.2, 0.25) is 0 Å². The van der Waals surface area contributed by atoms with Gasteiger partial charge in [-0.25, -0.2) is 32.0 Å². The van der Waals surface area contributed by atoms with E-state index in [0.717, 1.165) is 0 Å². The van der Waals surface area contributed by atoms with E-state index in [0.29, 0.717) is 0 Å². The molecule has 0 fully saturated rings. The van der Waals surface area contributed by atoms with Gasteiger partial charge < -0.3 is 0 Å². The first kappa shape index (κ1) is 80.3. The zero-order valence-electron chi connectivity index (χ0n) is 67.3. The van der Waals surface area contributed by atoms with Crippen molar-refractivity contribution in [3.8, 4) is 78.8 Å². The molecule has 0 N–H and O–H groups in total. The van der Waals surface area contributed by atoms with Crippen molar-refractivity contribution in [3.63, 3.8) is 0 Å². The molecule has 7 aromatic heterocycles. The minimum atomic E-state index is 1.26. The van der Waals surface area contributed by atoms with Crippen molar-refractivity contribution in [2.45, 2.75) is 104 Å². The van der Waals surface area contributed by atoms with Crippen LogP contribution in [0.5, 0.6) is 0 Å². The topological polar surface area (TPSA) is 27.2 Å². The Labute approximate surface area is 635 Å². The molecule has 0 radical (unpaired) electrons. The van der Waals surface area contributed by atoms with Crippen molar-refractivity contribution < 1.29 is 32.0 Å². The highest BCUT2D eigenvalue weighted by Gasteiger charge is 2.19. The van der Waals surface area contributed by atoms with Crippen LogP contribution >= 0.6 is 0 Å². The number of pyridine rings is 7. The summed E-state index contributed by atoms with van der Waals surface area (Å²) >= 11 is 0. The van der Waals surface area contributed by atoms with Crippen LogP contribution in [0.3, 0.4) is 0 Å². The Morgan fingerprint density at radius 1 is 0.160 bits per heavy atom. The third-order valence-electron chi connectivity index (χ3n) is 19.5. The van der Waals surface area contributed by atoms with Crippen LogP contribution in [-0.2, 0) is 49.3 Å². The zero-order valence-corrected chi connectivity index (χ0v) is 67.3. The van der Waals surface area contributed by atoms with E-state index < -0.39 is 0 Å². The number of benzene rings is 7. The summed E-state index contributed by atoms with van der Waals surface area (Å²) in [5.74, 6) is 0. The molecule has 0 spiro atoms. The van der Waals surface area contributed by atoms with Crippen molar-refractivity contribution in [2.24, 2.45) is 49.3 Å². The molecule has 0 aliphatic carbocycles. The molecule has 106 heavy (non-hydrogen) atoms. The summed E-state index contributed by atoms with van der Waals surface area (Å²) in [6.07, 6.45) is 14.9. The Kier molecular flexibility index (Phi) is 29.1. The average Bonchev–Trinajstić information content (AvgIpc) is 0.824. The van der Waals surface area contributed by atoms with E-state index >= 15 is 0 Å². The number of aromatic nitrogens is 7. The molecule has 0 unspecified atom stereocenters. The number of nitrogens with zero attached hydrogens (tertiary/aromatic N) is 7. The molecule has 0 saturated carbocycles. The molecule has 0 atom stereocenters. The highest BCUT2D eigenvalue weighted by atomic mass is 14.9. The lowest BCUT2D eigenvalue weighted by Gasteiger charge is -2.07. The van der Waals surface area contributed by atoms with E-state index in [-0.39, 0.29) is 0 Å². The van der Waals surface area contributed by atoms with Gasteiger partial charge in [0.05, 0.1) is 0 Å². The summed E-state index contributed by atoms with van der Waals surface area (Å²) in [5.41, 5.74) is 37.9. The molecular formula is C99H114N7+7. The quantitative estimate of drug-likeness (QED) is 0.142. The molecule has 0 amide bonds. The molecule has 7 heteroatoms. The van der Waals surface area contributed by atoms with Crippen LogP contribution in [0, 0.1) is 104 Å². The molecule has 0 bridgehead atoms. The first-order valence-electron chi connectivity index (χ1n) is 36.9. The minimum Gasteiger partial charge on any atom is -0.201 e. The van der Waals surface area contributed by atoms with Crippen LogP contribution in [0.15, 0.2) is 292 Å².